The molecule has 38 heavy (non-hydrogen) atoms. The number of nitriles is 1. The van der Waals surface area contributed by atoms with Crippen LogP contribution in [0, 0.1) is 11.5 Å². The molecule has 1 atom stereocenters. The molecule has 2 aromatic carbocycles. The Kier molecular flexibility index (Phi) is 10.0. The van der Waals surface area contributed by atoms with Gasteiger partial charge in [0.25, 0.3) is 0 Å². The SMILES string of the molecule is CN1CCN(C2CCN(C(=O)[C@@H](Cc3cc(Br)c(N)c(Br)c3)NC(=NC#N)Oc3ccccc3)CC2)CC1. The zero-order chi connectivity index (χ0) is 27.1. The predicted octanol–water partition coefficient (Wildman–Crippen LogP) is 3.45. The number of nitrogen functional groups attached to an aromatic ring is 1. The lowest BCUT2D eigenvalue weighted by Gasteiger charge is -2.42. The fourth-order valence-corrected chi connectivity index (χ4v) is 6.21. The van der Waals surface area contributed by atoms with E-state index in [2.05, 4.69) is 59.0 Å². The number of carbonyl (C=O) groups excluding carboxylic acids is 1. The molecule has 0 aliphatic carbocycles. The van der Waals surface area contributed by atoms with Crippen molar-refractivity contribution >= 4 is 49.5 Å². The van der Waals surface area contributed by atoms with Crippen LogP contribution < -0.4 is 15.8 Å². The van der Waals surface area contributed by atoms with Gasteiger partial charge in [0.15, 0.2) is 0 Å². The minimum Gasteiger partial charge on any atom is -0.425 e. The number of amides is 1. The minimum absolute atomic E-state index is 0.0158. The number of hydrogen-bond donors (Lipinski definition) is 2. The molecule has 3 N–H and O–H groups in total. The lowest BCUT2D eigenvalue weighted by molar-refractivity contribution is -0.134. The molecule has 0 unspecified atom stereocenters. The van der Waals surface area contributed by atoms with Crippen LogP contribution in [0.1, 0.15) is 18.4 Å². The van der Waals surface area contributed by atoms with Crippen molar-refractivity contribution in [2.45, 2.75) is 31.3 Å². The number of likely N-dealkylation sites (N-methyl/N-ethyl adjacent to an activating group) is 1. The van der Waals surface area contributed by atoms with Crippen LogP contribution >= 0.6 is 31.9 Å². The molecule has 0 saturated carbocycles. The molecule has 0 spiro atoms. The minimum atomic E-state index is -0.687. The van der Waals surface area contributed by atoms with Crippen molar-refractivity contribution in [3.63, 3.8) is 0 Å². The first-order valence-corrected chi connectivity index (χ1v) is 14.3. The van der Waals surface area contributed by atoms with Gasteiger partial charge in [0.05, 0.1) is 5.69 Å². The Morgan fingerprint density at radius 2 is 1.76 bits per heavy atom. The Morgan fingerprint density at radius 3 is 2.37 bits per heavy atom. The Hall–Kier alpha value is -2.65. The average Bonchev–Trinajstić information content (AvgIpc) is 2.92. The number of nitrogens with two attached hydrogens (primary N) is 1. The molecule has 0 radical (unpaired) electrons. The summed E-state index contributed by atoms with van der Waals surface area (Å²) in [4.78, 5) is 24.5. The van der Waals surface area contributed by atoms with Crippen molar-refractivity contribution in [3.8, 4) is 11.9 Å². The molecule has 4 rings (SSSR count). The van der Waals surface area contributed by atoms with Crippen molar-refractivity contribution in [2.75, 3.05) is 52.0 Å². The van der Waals surface area contributed by atoms with Crippen LogP contribution in [0.3, 0.4) is 0 Å². The number of anilines is 1. The Labute approximate surface area is 240 Å². The predicted molar refractivity (Wildman–Crippen MR) is 156 cm³/mol. The summed E-state index contributed by atoms with van der Waals surface area (Å²) in [5, 5.41) is 12.4. The molecule has 2 fully saturated rings. The summed E-state index contributed by atoms with van der Waals surface area (Å²) >= 11 is 7.00. The number of para-hydroxylation sites is 1. The first-order chi connectivity index (χ1) is 18.3. The summed E-state index contributed by atoms with van der Waals surface area (Å²) in [7, 11) is 2.16. The average molecular weight is 647 g/mol. The van der Waals surface area contributed by atoms with E-state index >= 15 is 0 Å². The van der Waals surface area contributed by atoms with Crippen molar-refractivity contribution < 1.29 is 9.53 Å². The zero-order valence-electron chi connectivity index (χ0n) is 21.4. The van der Waals surface area contributed by atoms with Crippen molar-refractivity contribution in [1.82, 2.24) is 20.0 Å². The van der Waals surface area contributed by atoms with E-state index in [1.165, 1.54) is 0 Å². The number of ether oxygens (including phenoxy) is 1. The number of likely N-dealkylation sites (tertiary alicyclic amines) is 1. The van der Waals surface area contributed by atoms with Gasteiger partial charge < -0.3 is 25.6 Å². The second kappa shape index (κ2) is 13.4. The zero-order valence-corrected chi connectivity index (χ0v) is 24.6. The highest BCUT2D eigenvalue weighted by molar-refractivity contribution is 9.11. The third kappa shape index (κ3) is 7.47. The number of carbonyl (C=O) groups is 1. The Bertz CT molecular complexity index is 1150. The molecule has 202 valence electrons. The Morgan fingerprint density at radius 1 is 1.13 bits per heavy atom. The quantitative estimate of drug-likeness (QED) is 0.214. The van der Waals surface area contributed by atoms with Crippen LogP contribution in [-0.4, -0.2) is 85.0 Å². The van der Waals surface area contributed by atoms with E-state index in [4.69, 9.17) is 10.5 Å². The highest BCUT2D eigenvalue weighted by Crippen LogP contribution is 2.30. The topological polar surface area (TPSA) is 110 Å². The van der Waals surface area contributed by atoms with Gasteiger partial charge in [-0.3, -0.25) is 9.69 Å². The molecular weight excluding hydrogens is 614 g/mol. The summed E-state index contributed by atoms with van der Waals surface area (Å²) in [6.45, 7) is 5.69. The van der Waals surface area contributed by atoms with Crippen LogP contribution in [0.25, 0.3) is 0 Å². The van der Waals surface area contributed by atoms with E-state index in [1.54, 1.807) is 18.3 Å². The van der Waals surface area contributed by atoms with Gasteiger partial charge in [-0.2, -0.15) is 5.26 Å². The molecule has 2 heterocycles. The van der Waals surface area contributed by atoms with Crippen LogP contribution in [0.15, 0.2) is 56.4 Å². The number of hydrogen-bond acceptors (Lipinski definition) is 7. The number of amidine groups is 1. The molecule has 2 aromatic rings. The normalized spacial score (nSPS) is 18.6. The van der Waals surface area contributed by atoms with Gasteiger partial charge in [-0.05, 0) is 81.6 Å². The number of halogens is 2. The smallest absolute Gasteiger partial charge is 0.306 e. The maximum atomic E-state index is 13.9. The van der Waals surface area contributed by atoms with Crippen molar-refractivity contribution in [2.24, 2.45) is 4.99 Å². The van der Waals surface area contributed by atoms with Crippen LogP contribution in [0.4, 0.5) is 5.69 Å². The lowest BCUT2D eigenvalue weighted by Crippen LogP contribution is -2.56. The number of nitrogens with one attached hydrogen (secondary N) is 1. The number of piperidine rings is 1. The summed E-state index contributed by atoms with van der Waals surface area (Å²) < 4.78 is 7.31. The summed E-state index contributed by atoms with van der Waals surface area (Å²) in [6.07, 6.45) is 4.03. The van der Waals surface area contributed by atoms with E-state index in [0.717, 1.165) is 53.5 Å². The molecule has 2 aliphatic rings. The third-order valence-electron chi connectivity index (χ3n) is 7.11. The second-order valence-electron chi connectivity index (χ2n) is 9.70. The number of piperazine rings is 1. The fraction of sp³-hybridized carbons (Fsp3) is 0.444. The Balaban J connectivity index is 1.49. The van der Waals surface area contributed by atoms with Gasteiger partial charge >= 0.3 is 6.02 Å². The summed E-state index contributed by atoms with van der Waals surface area (Å²) in [5.74, 6) is 0.472. The lowest BCUT2D eigenvalue weighted by atomic mass is 9.99. The molecule has 2 saturated heterocycles. The fourth-order valence-electron chi connectivity index (χ4n) is 4.93. The van der Waals surface area contributed by atoms with Crippen molar-refractivity contribution in [3.05, 3.63) is 57.0 Å². The van der Waals surface area contributed by atoms with E-state index in [-0.39, 0.29) is 11.9 Å². The van der Waals surface area contributed by atoms with Crippen molar-refractivity contribution in [1.29, 1.82) is 5.26 Å². The third-order valence-corrected chi connectivity index (χ3v) is 8.43. The first-order valence-electron chi connectivity index (χ1n) is 12.7. The molecular formula is C27H33Br2N7O2. The van der Waals surface area contributed by atoms with E-state index in [1.807, 2.05) is 35.2 Å². The maximum Gasteiger partial charge on any atom is 0.306 e. The number of rotatable bonds is 6. The standard InChI is InChI=1S/C27H33Br2N7O2/c1-34-11-13-35(14-12-34)20-7-9-36(10-8-20)26(37)24(17-19-15-22(28)25(31)23(29)16-19)33-27(32-18-30)38-21-5-3-2-4-6-21/h2-6,15-16,20,24H,7-14,17,31H2,1H3,(H,32,33)/t24-/m1/s1. The van der Waals surface area contributed by atoms with Gasteiger partial charge in [0, 0.05) is 60.7 Å². The molecule has 0 bridgehead atoms. The van der Waals surface area contributed by atoms with Gasteiger partial charge in [-0.25, -0.2) is 0 Å². The summed E-state index contributed by atoms with van der Waals surface area (Å²) in [6, 6.07) is 12.7. The van der Waals surface area contributed by atoms with Gasteiger partial charge in [-0.1, -0.05) is 18.2 Å². The van der Waals surface area contributed by atoms with Gasteiger partial charge in [0.2, 0.25) is 12.1 Å². The molecule has 1 amide bonds. The van der Waals surface area contributed by atoms with Crippen LogP contribution in [0.5, 0.6) is 5.75 Å². The van der Waals surface area contributed by atoms with E-state index in [0.29, 0.717) is 37.0 Å². The van der Waals surface area contributed by atoms with Gasteiger partial charge in [-0.15, -0.1) is 4.99 Å². The van der Waals surface area contributed by atoms with Crippen LogP contribution in [0.2, 0.25) is 0 Å². The van der Waals surface area contributed by atoms with E-state index < -0.39 is 6.04 Å². The number of benzene rings is 2. The highest BCUT2D eigenvalue weighted by Gasteiger charge is 2.32. The number of aliphatic imine (C=N–C) groups is 1. The number of nitrogens with zero attached hydrogens (tertiary/aromatic N) is 5. The highest BCUT2D eigenvalue weighted by atomic mass is 79.9. The molecule has 0 aromatic heterocycles. The second-order valence-corrected chi connectivity index (χ2v) is 11.4. The maximum absolute atomic E-state index is 13.9. The molecule has 11 heteroatoms. The van der Waals surface area contributed by atoms with E-state index in [9.17, 15) is 10.1 Å². The first kappa shape index (κ1) is 28.4. The summed E-state index contributed by atoms with van der Waals surface area (Å²) in [5.41, 5.74) is 7.57. The molecule has 9 nitrogen and oxygen atoms in total. The largest absolute Gasteiger partial charge is 0.425 e. The van der Waals surface area contributed by atoms with Gasteiger partial charge in [0.1, 0.15) is 11.8 Å². The van der Waals surface area contributed by atoms with Crippen LogP contribution in [-0.2, 0) is 11.2 Å². The molecule has 2 aliphatic heterocycles. The monoisotopic (exact) mass is 645 g/mol.